The van der Waals surface area contributed by atoms with Crippen molar-refractivity contribution in [3.63, 3.8) is 0 Å². The average molecular weight is 270 g/mol. The summed E-state index contributed by atoms with van der Waals surface area (Å²) in [5.41, 5.74) is 1.85. The molecule has 0 saturated carbocycles. The Bertz CT molecular complexity index is 551. The molecule has 1 aromatic carbocycles. The molecule has 0 bridgehead atoms. The summed E-state index contributed by atoms with van der Waals surface area (Å²) in [5, 5.41) is 2.99. The van der Waals surface area contributed by atoms with Crippen molar-refractivity contribution in [2.45, 2.75) is 12.5 Å². The summed E-state index contributed by atoms with van der Waals surface area (Å²) in [6.45, 7) is 1.40. The van der Waals surface area contributed by atoms with Crippen LogP contribution in [0, 0.1) is 5.92 Å². The van der Waals surface area contributed by atoms with E-state index in [0.29, 0.717) is 18.0 Å². The zero-order valence-electron chi connectivity index (χ0n) is 11.2. The van der Waals surface area contributed by atoms with Crippen LogP contribution in [0.3, 0.4) is 0 Å². The summed E-state index contributed by atoms with van der Waals surface area (Å²) in [7, 11) is 0. The Kier molecular flexibility index (Phi) is 3.83. The van der Waals surface area contributed by atoms with Crippen molar-refractivity contribution in [3.05, 3.63) is 59.9 Å². The second kappa shape index (κ2) is 5.92. The highest BCUT2D eigenvalue weighted by atomic mass is 16.5. The van der Waals surface area contributed by atoms with Gasteiger partial charge in [0.15, 0.2) is 0 Å². The van der Waals surface area contributed by atoms with E-state index in [-0.39, 0.29) is 12.0 Å². The highest BCUT2D eigenvalue weighted by molar-refractivity contribution is 5.93. The first kappa shape index (κ1) is 12.9. The van der Waals surface area contributed by atoms with Gasteiger partial charge in [-0.3, -0.25) is 4.79 Å². The van der Waals surface area contributed by atoms with Gasteiger partial charge in [-0.1, -0.05) is 30.3 Å². The van der Waals surface area contributed by atoms with Crippen LogP contribution in [0.2, 0.25) is 0 Å². The minimum Gasteiger partial charge on any atom is -0.373 e. The normalized spacial score (nSPS) is 21.8. The van der Waals surface area contributed by atoms with Gasteiger partial charge >= 0.3 is 0 Å². The molecular weight excluding hydrogens is 252 g/mol. The lowest BCUT2D eigenvalue weighted by Gasteiger charge is -2.19. The highest BCUT2D eigenvalue weighted by Crippen LogP contribution is 2.33. The predicted molar refractivity (Wildman–Crippen MR) is 76.4 cm³/mol. The molecule has 0 spiro atoms. The number of ether oxygens (including phenoxy) is 1. The van der Waals surface area contributed by atoms with E-state index in [9.17, 15) is 4.79 Å². The lowest BCUT2D eigenvalue weighted by Crippen LogP contribution is -2.30. The molecule has 20 heavy (non-hydrogen) atoms. The van der Waals surface area contributed by atoms with E-state index in [4.69, 9.17) is 4.74 Å². The number of aromatic amines is 1. The molecule has 0 aliphatic carbocycles. The third-order valence-corrected chi connectivity index (χ3v) is 3.73. The highest BCUT2D eigenvalue weighted by Gasteiger charge is 2.29. The first-order chi connectivity index (χ1) is 9.84. The monoisotopic (exact) mass is 270 g/mol. The van der Waals surface area contributed by atoms with Crippen molar-refractivity contribution in [3.8, 4) is 0 Å². The van der Waals surface area contributed by atoms with Gasteiger partial charge < -0.3 is 15.0 Å². The van der Waals surface area contributed by atoms with Gasteiger partial charge in [0.05, 0.1) is 11.7 Å². The number of hydrogen-bond donors (Lipinski definition) is 2. The van der Waals surface area contributed by atoms with Gasteiger partial charge in [-0.25, -0.2) is 0 Å². The molecule has 0 unspecified atom stereocenters. The molecule has 1 aliphatic heterocycles. The van der Waals surface area contributed by atoms with Crippen LogP contribution in [0.15, 0.2) is 48.8 Å². The van der Waals surface area contributed by atoms with E-state index >= 15 is 0 Å². The van der Waals surface area contributed by atoms with Gasteiger partial charge in [0.25, 0.3) is 5.91 Å². The molecule has 0 radical (unpaired) electrons. The minimum absolute atomic E-state index is 0.0371. The maximum absolute atomic E-state index is 11.9. The fourth-order valence-electron chi connectivity index (χ4n) is 2.65. The Labute approximate surface area is 118 Å². The number of hydrogen-bond acceptors (Lipinski definition) is 2. The predicted octanol–water partition coefficient (Wildman–Crippen LogP) is 2.52. The second-order valence-electron chi connectivity index (χ2n) is 5.06. The van der Waals surface area contributed by atoms with Gasteiger partial charge in [-0.05, 0) is 18.1 Å². The molecule has 2 heterocycles. The third kappa shape index (κ3) is 2.75. The van der Waals surface area contributed by atoms with E-state index in [2.05, 4.69) is 22.4 Å². The van der Waals surface area contributed by atoms with Crippen LogP contribution in [-0.4, -0.2) is 24.0 Å². The second-order valence-corrected chi connectivity index (χ2v) is 5.06. The van der Waals surface area contributed by atoms with Gasteiger partial charge in [-0.15, -0.1) is 0 Å². The molecule has 1 aromatic heterocycles. The van der Waals surface area contributed by atoms with Crippen molar-refractivity contribution in [1.82, 2.24) is 10.3 Å². The summed E-state index contributed by atoms with van der Waals surface area (Å²) in [6.07, 6.45) is 4.52. The van der Waals surface area contributed by atoms with E-state index in [1.807, 2.05) is 18.2 Å². The number of amides is 1. The van der Waals surface area contributed by atoms with Crippen LogP contribution in [-0.2, 0) is 4.74 Å². The molecule has 4 heteroatoms. The average Bonchev–Trinajstić information content (AvgIpc) is 3.17. The zero-order valence-corrected chi connectivity index (χ0v) is 11.2. The molecule has 1 amide bonds. The molecule has 4 nitrogen and oxygen atoms in total. The number of rotatable bonds is 4. The molecule has 2 aromatic rings. The first-order valence-electron chi connectivity index (χ1n) is 6.92. The van der Waals surface area contributed by atoms with Crippen LogP contribution < -0.4 is 5.32 Å². The topological polar surface area (TPSA) is 54.1 Å². The number of benzene rings is 1. The Morgan fingerprint density at radius 2 is 2.15 bits per heavy atom. The first-order valence-corrected chi connectivity index (χ1v) is 6.92. The zero-order chi connectivity index (χ0) is 13.8. The Morgan fingerprint density at radius 3 is 2.90 bits per heavy atom. The Morgan fingerprint density at radius 1 is 1.30 bits per heavy atom. The summed E-state index contributed by atoms with van der Waals surface area (Å²) in [5.74, 6) is 0.297. The number of H-pyrrole nitrogens is 1. The molecular formula is C16H18N2O2. The summed E-state index contributed by atoms with van der Waals surface area (Å²) >= 11 is 0. The van der Waals surface area contributed by atoms with E-state index in [0.717, 1.165) is 13.0 Å². The Balaban J connectivity index is 1.61. The summed E-state index contributed by atoms with van der Waals surface area (Å²) < 4.78 is 5.82. The number of carbonyl (C=O) groups is 1. The summed E-state index contributed by atoms with van der Waals surface area (Å²) in [4.78, 5) is 14.8. The van der Waals surface area contributed by atoms with Crippen molar-refractivity contribution in [2.24, 2.45) is 5.92 Å². The largest absolute Gasteiger partial charge is 0.373 e. The van der Waals surface area contributed by atoms with Gasteiger partial charge in [-0.2, -0.15) is 0 Å². The SMILES string of the molecule is O=C(NC[C@H]1CCO[C@@H]1c1ccccc1)c1cc[nH]c1. The lowest BCUT2D eigenvalue weighted by atomic mass is 9.95. The molecule has 2 N–H and O–H groups in total. The van der Waals surface area contributed by atoms with Gasteiger partial charge in [0, 0.05) is 31.5 Å². The van der Waals surface area contributed by atoms with Crippen molar-refractivity contribution >= 4 is 5.91 Å². The van der Waals surface area contributed by atoms with E-state index in [1.165, 1.54) is 5.56 Å². The van der Waals surface area contributed by atoms with Gasteiger partial charge in [0.2, 0.25) is 0 Å². The molecule has 1 aliphatic rings. The van der Waals surface area contributed by atoms with E-state index < -0.39 is 0 Å². The fraction of sp³-hybridized carbons (Fsp3) is 0.312. The molecule has 2 atom stereocenters. The number of carbonyl (C=O) groups excluding carboxylic acids is 1. The van der Waals surface area contributed by atoms with Crippen molar-refractivity contribution < 1.29 is 9.53 Å². The van der Waals surface area contributed by atoms with Crippen LogP contribution in [0.25, 0.3) is 0 Å². The van der Waals surface area contributed by atoms with Crippen molar-refractivity contribution in [1.29, 1.82) is 0 Å². The van der Waals surface area contributed by atoms with Crippen LogP contribution in [0.5, 0.6) is 0 Å². The number of aromatic nitrogens is 1. The quantitative estimate of drug-likeness (QED) is 0.897. The number of nitrogens with one attached hydrogen (secondary N) is 2. The van der Waals surface area contributed by atoms with Crippen LogP contribution in [0.1, 0.15) is 28.4 Å². The Hall–Kier alpha value is -2.07. The molecule has 104 valence electrons. The smallest absolute Gasteiger partial charge is 0.252 e. The molecule has 1 saturated heterocycles. The maximum atomic E-state index is 11.9. The van der Waals surface area contributed by atoms with E-state index in [1.54, 1.807) is 18.5 Å². The fourth-order valence-corrected chi connectivity index (χ4v) is 2.65. The minimum atomic E-state index is -0.0371. The summed E-state index contributed by atoms with van der Waals surface area (Å²) in [6, 6.07) is 12.0. The van der Waals surface area contributed by atoms with Crippen molar-refractivity contribution in [2.75, 3.05) is 13.2 Å². The molecule has 3 rings (SSSR count). The van der Waals surface area contributed by atoms with Gasteiger partial charge in [0.1, 0.15) is 0 Å². The van der Waals surface area contributed by atoms with Crippen LogP contribution >= 0.6 is 0 Å². The van der Waals surface area contributed by atoms with Crippen LogP contribution in [0.4, 0.5) is 0 Å². The maximum Gasteiger partial charge on any atom is 0.252 e. The standard InChI is InChI=1S/C16H18N2O2/c19-16(14-6-8-17-10-14)18-11-13-7-9-20-15(13)12-4-2-1-3-5-12/h1-6,8,10,13,15,17H,7,9,11H2,(H,18,19)/t13-,15-/m1/s1. The third-order valence-electron chi connectivity index (χ3n) is 3.73. The lowest BCUT2D eigenvalue weighted by molar-refractivity contribution is 0.0846. The molecule has 1 fully saturated rings.